The van der Waals surface area contributed by atoms with Gasteiger partial charge in [-0.3, -0.25) is 15.1 Å². The van der Waals surface area contributed by atoms with E-state index in [0.29, 0.717) is 46.0 Å². The average molecular weight is 489 g/mol. The van der Waals surface area contributed by atoms with Crippen molar-refractivity contribution in [3.8, 4) is 0 Å². The Morgan fingerprint density at radius 3 is 2.15 bits per heavy atom. The van der Waals surface area contributed by atoms with Crippen LogP contribution in [0.2, 0.25) is 10.0 Å². The van der Waals surface area contributed by atoms with Crippen molar-refractivity contribution in [3.63, 3.8) is 0 Å². The maximum absolute atomic E-state index is 13.4. The molecular weight excluding hydrogens is 467 g/mol. The van der Waals surface area contributed by atoms with E-state index in [4.69, 9.17) is 23.2 Å². The molecule has 0 saturated carbocycles. The first-order chi connectivity index (χ1) is 16.5. The van der Waals surface area contributed by atoms with Gasteiger partial charge in [0.15, 0.2) is 5.78 Å². The number of hydrogen-bond acceptors (Lipinski definition) is 3. The fraction of sp³-hybridized carbons (Fsp3) is 0.143. The Hall–Kier alpha value is -3.34. The molecule has 0 aromatic heterocycles. The minimum Gasteiger partial charge on any atom is -0.507 e. The lowest BCUT2D eigenvalue weighted by molar-refractivity contribution is -0.116. The van der Waals surface area contributed by atoms with Crippen LogP contribution >= 0.6 is 23.2 Å². The first-order valence-corrected chi connectivity index (χ1v) is 11.9. The number of hydrogen-bond donors (Lipinski definition) is 2. The van der Waals surface area contributed by atoms with Crippen LogP contribution in [0.4, 0.5) is 5.69 Å². The number of anilines is 1. The van der Waals surface area contributed by atoms with Gasteiger partial charge in [-0.2, -0.15) is 0 Å². The van der Waals surface area contributed by atoms with Gasteiger partial charge in [0, 0.05) is 50.5 Å². The normalized spacial score (nSPS) is 19.8. The Morgan fingerprint density at radius 1 is 0.882 bits per heavy atom. The summed E-state index contributed by atoms with van der Waals surface area (Å²) in [6, 6.07) is 23.6. The molecule has 1 aliphatic heterocycles. The van der Waals surface area contributed by atoms with E-state index in [-0.39, 0.29) is 17.4 Å². The predicted octanol–water partition coefficient (Wildman–Crippen LogP) is 7.55. The number of amidine groups is 1. The molecule has 0 bridgehead atoms. The quantitative estimate of drug-likeness (QED) is 0.374. The van der Waals surface area contributed by atoms with Crippen molar-refractivity contribution in [1.29, 1.82) is 5.41 Å². The van der Waals surface area contributed by atoms with Crippen molar-refractivity contribution in [2.45, 2.75) is 25.2 Å². The van der Waals surface area contributed by atoms with Crippen molar-refractivity contribution >= 4 is 46.3 Å². The fourth-order valence-electron chi connectivity index (χ4n) is 4.81. The van der Waals surface area contributed by atoms with Crippen molar-refractivity contribution in [3.05, 3.63) is 117 Å². The fourth-order valence-corrected chi connectivity index (χ4v) is 5.06. The lowest BCUT2D eigenvalue weighted by Gasteiger charge is -2.41. The number of halogens is 2. The van der Waals surface area contributed by atoms with E-state index in [9.17, 15) is 15.3 Å². The van der Waals surface area contributed by atoms with E-state index in [0.717, 1.165) is 16.9 Å². The average Bonchev–Trinajstić information content (AvgIpc) is 2.85. The molecule has 3 aromatic carbocycles. The van der Waals surface area contributed by atoms with Crippen LogP contribution in [0.15, 0.2) is 95.7 Å². The molecular formula is C28H22Cl2N2O2. The summed E-state index contributed by atoms with van der Waals surface area (Å²) in [4.78, 5) is 15.2. The van der Waals surface area contributed by atoms with Crippen LogP contribution in [0.1, 0.15) is 36.3 Å². The van der Waals surface area contributed by atoms with Gasteiger partial charge in [0.2, 0.25) is 0 Å². The topological polar surface area (TPSA) is 64.4 Å². The van der Waals surface area contributed by atoms with Crippen LogP contribution < -0.4 is 4.90 Å². The molecule has 2 N–H and O–H groups in total. The van der Waals surface area contributed by atoms with E-state index >= 15 is 0 Å². The van der Waals surface area contributed by atoms with Gasteiger partial charge in [-0.25, -0.2) is 0 Å². The largest absolute Gasteiger partial charge is 0.507 e. The SMILES string of the molecule is N=C1C(=C(O)c2ccccc2)C(c2ccc(Cl)cc2)C2=C(CCCC2=O)N1c1ccc(Cl)cc1. The first kappa shape index (κ1) is 22.5. The summed E-state index contributed by atoms with van der Waals surface area (Å²) >= 11 is 12.3. The third kappa shape index (κ3) is 3.93. The number of aliphatic hydroxyl groups excluding tert-OH is 1. The number of nitrogens with one attached hydrogen (secondary N) is 1. The highest BCUT2D eigenvalue weighted by Crippen LogP contribution is 2.48. The Kier molecular flexibility index (Phi) is 6.03. The van der Waals surface area contributed by atoms with Gasteiger partial charge in [0.25, 0.3) is 0 Å². The van der Waals surface area contributed by atoms with Gasteiger partial charge in [0.1, 0.15) is 11.6 Å². The molecule has 1 heterocycles. The smallest absolute Gasteiger partial charge is 0.161 e. The summed E-state index contributed by atoms with van der Waals surface area (Å²) in [6.45, 7) is 0. The van der Waals surface area contributed by atoms with Crippen LogP contribution in [0.25, 0.3) is 5.76 Å². The second kappa shape index (κ2) is 9.13. The number of carbonyl (C=O) groups is 1. The summed E-state index contributed by atoms with van der Waals surface area (Å²) in [5.41, 5.74) is 3.93. The molecule has 0 amide bonds. The Morgan fingerprint density at radius 2 is 1.50 bits per heavy atom. The van der Waals surface area contributed by atoms with Gasteiger partial charge < -0.3 is 5.11 Å². The molecule has 0 spiro atoms. The number of Topliss-reactive ketones (excluding diaryl/α,β-unsaturated/α-hetero) is 1. The summed E-state index contributed by atoms with van der Waals surface area (Å²) in [5, 5.41) is 22.0. The minimum absolute atomic E-state index is 0.0190. The monoisotopic (exact) mass is 488 g/mol. The van der Waals surface area contributed by atoms with Crippen LogP contribution in [-0.4, -0.2) is 16.7 Å². The zero-order chi connectivity index (χ0) is 23.8. The minimum atomic E-state index is -0.573. The molecule has 170 valence electrons. The van der Waals surface area contributed by atoms with Crippen molar-refractivity contribution in [1.82, 2.24) is 0 Å². The van der Waals surface area contributed by atoms with Gasteiger partial charge in [-0.1, -0.05) is 65.7 Å². The third-order valence-corrected chi connectivity index (χ3v) is 6.85. The number of aliphatic hydroxyl groups is 1. The molecule has 2 aliphatic rings. The highest BCUT2D eigenvalue weighted by atomic mass is 35.5. The molecule has 1 aliphatic carbocycles. The molecule has 5 rings (SSSR count). The second-order valence-corrected chi connectivity index (χ2v) is 9.28. The van der Waals surface area contributed by atoms with Crippen LogP contribution in [-0.2, 0) is 4.79 Å². The number of carbonyl (C=O) groups excluding carboxylic acids is 1. The summed E-state index contributed by atoms with van der Waals surface area (Å²) < 4.78 is 0. The van der Waals surface area contributed by atoms with E-state index in [1.165, 1.54) is 0 Å². The Bertz CT molecular complexity index is 1330. The Balaban J connectivity index is 1.82. The Labute approximate surface area is 208 Å². The second-order valence-electron chi connectivity index (χ2n) is 8.41. The molecule has 0 saturated heterocycles. The van der Waals surface area contributed by atoms with E-state index in [2.05, 4.69) is 0 Å². The molecule has 0 radical (unpaired) electrons. The summed E-state index contributed by atoms with van der Waals surface area (Å²) in [5.74, 6) is -0.422. The molecule has 34 heavy (non-hydrogen) atoms. The van der Waals surface area contributed by atoms with Gasteiger partial charge in [-0.15, -0.1) is 0 Å². The number of benzene rings is 3. The summed E-state index contributed by atoms with van der Waals surface area (Å²) in [6.07, 6.45) is 1.81. The predicted molar refractivity (Wildman–Crippen MR) is 138 cm³/mol. The van der Waals surface area contributed by atoms with Crippen LogP contribution in [0, 0.1) is 5.41 Å². The van der Waals surface area contributed by atoms with Gasteiger partial charge >= 0.3 is 0 Å². The maximum Gasteiger partial charge on any atom is 0.161 e. The molecule has 3 aromatic rings. The number of rotatable bonds is 3. The maximum atomic E-state index is 13.4. The van der Waals surface area contributed by atoms with E-state index in [1.54, 1.807) is 41.3 Å². The molecule has 1 atom stereocenters. The van der Waals surface area contributed by atoms with Crippen LogP contribution in [0.5, 0.6) is 0 Å². The van der Waals surface area contributed by atoms with Gasteiger partial charge in [0.05, 0.1) is 0 Å². The van der Waals surface area contributed by atoms with Crippen molar-refractivity contribution < 1.29 is 9.90 Å². The van der Waals surface area contributed by atoms with Crippen molar-refractivity contribution in [2.75, 3.05) is 4.90 Å². The lowest BCUT2D eigenvalue weighted by Crippen LogP contribution is -2.42. The summed E-state index contributed by atoms with van der Waals surface area (Å²) in [7, 11) is 0. The molecule has 1 unspecified atom stereocenters. The first-order valence-electron chi connectivity index (χ1n) is 11.1. The highest BCUT2D eigenvalue weighted by molar-refractivity contribution is 6.31. The molecule has 4 nitrogen and oxygen atoms in total. The third-order valence-electron chi connectivity index (χ3n) is 6.35. The lowest BCUT2D eigenvalue weighted by atomic mass is 9.73. The number of ketones is 1. The molecule has 0 fully saturated rings. The van der Waals surface area contributed by atoms with Crippen LogP contribution in [0.3, 0.4) is 0 Å². The standard InChI is InChI=1S/C28H22Cl2N2O2/c29-19-11-9-17(10-12-19)24-25-22(7-4-8-23(25)33)32(21-15-13-20(30)14-16-21)28(31)26(24)27(34)18-5-2-1-3-6-18/h1-3,5-6,9-16,24,31,34H,4,7-8H2. The van der Waals surface area contributed by atoms with Crippen molar-refractivity contribution in [2.24, 2.45) is 0 Å². The van der Waals surface area contributed by atoms with E-state index < -0.39 is 5.92 Å². The number of allylic oxidation sites excluding steroid dienone is 2. The zero-order valence-corrected chi connectivity index (χ0v) is 19.8. The van der Waals surface area contributed by atoms with E-state index in [1.807, 2.05) is 42.5 Å². The highest BCUT2D eigenvalue weighted by Gasteiger charge is 2.43. The zero-order valence-electron chi connectivity index (χ0n) is 18.3. The van der Waals surface area contributed by atoms with Gasteiger partial charge in [-0.05, 0) is 54.8 Å². The molecule has 6 heteroatoms. The number of nitrogens with zero attached hydrogens (tertiary/aromatic N) is 1.